The molecule has 0 aliphatic rings. The summed E-state index contributed by atoms with van der Waals surface area (Å²) in [5.74, 6) is 1.81. The lowest BCUT2D eigenvalue weighted by Crippen LogP contribution is -2.25. The first-order valence-corrected chi connectivity index (χ1v) is 11.2. The maximum atomic E-state index is 12.3. The fourth-order valence-electron chi connectivity index (χ4n) is 3.52. The lowest BCUT2D eigenvalue weighted by atomic mass is 10.2. The molecule has 0 fully saturated rings. The molecule has 0 atom stereocenters. The van der Waals surface area contributed by atoms with Crippen LogP contribution >= 0.6 is 15.9 Å². The number of benzene rings is 3. The van der Waals surface area contributed by atoms with Gasteiger partial charge in [-0.25, -0.2) is 4.98 Å². The molecule has 0 saturated heterocycles. The van der Waals surface area contributed by atoms with Gasteiger partial charge in [0.1, 0.15) is 18.2 Å². The van der Waals surface area contributed by atoms with E-state index in [9.17, 15) is 4.79 Å². The Morgan fingerprint density at radius 1 is 1.00 bits per heavy atom. The standard InChI is InChI=1S/C25H24BrN3O2/c26-20-9-6-8-19(18-20)25(30)27-15-7-14-24-28-22-12-4-5-13-23(22)29(24)16-17-31-21-10-2-1-3-11-21/h1-6,8-13,18H,7,14-17H2,(H,27,30). The number of rotatable bonds is 9. The average Bonchev–Trinajstić information content (AvgIpc) is 3.15. The van der Waals surface area contributed by atoms with Crippen molar-refractivity contribution in [2.24, 2.45) is 0 Å². The summed E-state index contributed by atoms with van der Waals surface area (Å²) in [6.07, 6.45) is 1.58. The Labute approximate surface area is 190 Å². The molecule has 0 spiro atoms. The molecule has 4 aromatic rings. The van der Waals surface area contributed by atoms with E-state index in [2.05, 4.69) is 31.9 Å². The van der Waals surface area contributed by atoms with Gasteiger partial charge in [-0.1, -0.05) is 52.3 Å². The summed E-state index contributed by atoms with van der Waals surface area (Å²) < 4.78 is 9.00. The lowest BCUT2D eigenvalue weighted by Gasteiger charge is -2.11. The zero-order valence-electron chi connectivity index (χ0n) is 17.1. The Morgan fingerprint density at radius 2 is 1.81 bits per heavy atom. The number of nitrogens with zero attached hydrogens (tertiary/aromatic N) is 2. The molecule has 0 bridgehead atoms. The molecular formula is C25H24BrN3O2. The SMILES string of the molecule is O=C(NCCCc1nc2ccccc2n1CCOc1ccccc1)c1cccc(Br)c1. The van der Waals surface area contributed by atoms with Gasteiger partial charge in [-0.2, -0.15) is 0 Å². The number of aryl methyl sites for hydroxylation is 1. The maximum absolute atomic E-state index is 12.3. The van der Waals surface area contributed by atoms with Crippen LogP contribution in [-0.2, 0) is 13.0 Å². The predicted octanol–water partition coefficient (Wildman–Crippen LogP) is 5.24. The van der Waals surface area contributed by atoms with Crippen LogP contribution in [0.4, 0.5) is 0 Å². The number of hydrogen-bond donors (Lipinski definition) is 1. The van der Waals surface area contributed by atoms with Gasteiger partial charge >= 0.3 is 0 Å². The topological polar surface area (TPSA) is 56.2 Å². The van der Waals surface area contributed by atoms with Crippen molar-refractivity contribution in [3.63, 3.8) is 0 Å². The van der Waals surface area contributed by atoms with E-state index in [0.29, 0.717) is 18.7 Å². The quantitative estimate of drug-likeness (QED) is 0.335. The van der Waals surface area contributed by atoms with Gasteiger partial charge in [0.25, 0.3) is 5.91 Å². The highest BCUT2D eigenvalue weighted by Crippen LogP contribution is 2.18. The van der Waals surface area contributed by atoms with Crippen LogP contribution in [0.2, 0.25) is 0 Å². The summed E-state index contributed by atoms with van der Waals surface area (Å²) in [4.78, 5) is 17.1. The third-order valence-electron chi connectivity index (χ3n) is 5.01. The average molecular weight is 478 g/mol. The number of halogens is 1. The Bertz CT molecular complexity index is 1160. The molecule has 0 radical (unpaired) electrons. The second kappa shape index (κ2) is 10.3. The summed E-state index contributed by atoms with van der Waals surface area (Å²) in [7, 11) is 0. The van der Waals surface area contributed by atoms with E-state index >= 15 is 0 Å². The number of aromatic nitrogens is 2. The van der Waals surface area contributed by atoms with Crippen LogP contribution in [0.5, 0.6) is 5.75 Å². The molecule has 0 unspecified atom stereocenters. The zero-order valence-corrected chi connectivity index (χ0v) is 18.7. The third-order valence-corrected chi connectivity index (χ3v) is 5.50. The first-order valence-electron chi connectivity index (χ1n) is 10.4. The number of carbonyl (C=O) groups excluding carboxylic acids is 1. The molecular weight excluding hydrogens is 454 g/mol. The molecule has 31 heavy (non-hydrogen) atoms. The molecule has 1 heterocycles. The van der Waals surface area contributed by atoms with Gasteiger partial charge in [-0.3, -0.25) is 4.79 Å². The van der Waals surface area contributed by atoms with Crippen molar-refractivity contribution in [1.29, 1.82) is 0 Å². The van der Waals surface area contributed by atoms with Crippen LogP contribution in [0, 0.1) is 0 Å². The fraction of sp³-hybridized carbons (Fsp3) is 0.200. The molecule has 1 N–H and O–H groups in total. The number of ether oxygens (including phenoxy) is 1. The van der Waals surface area contributed by atoms with Crippen molar-refractivity contribution in [3.8, 4) is 5.75 Å². The van der Waals surface area contributed by atoms with Gasteiger partial charge in [-0.05, 0) is 48.9 Å². The first kappa shape index (κ1) is 21.1. The van der Waals surface area contributed by atoms with E-state index in [-0.39, 0.29) is 5.91 Å². The molecule has 1 aromatic heterocycles. The highest BCUT2D eigenvalue weighted by atomic mass is 79.9. The van der Waals surface area contributed by atoms with Crippen LogP contribution in [-0.4, -0.2) is 28.6 Å². The van der Waals surface area contributed by atoms with E-state index in [1.54, 1.807) is 0 Å². The number of hydrogen-bond acceptors (Lipinski definition) is 3. The van der Waals surface area contributed by atoms with E-state index in [4.69, 9.17) is 9.72 Å². The molecule has 6 heteroatoms. The van der Waals surface area contributed by atoms with Gasteiger partial charge in [-0.15, -0.1) is 0 Å². The number of nitrogens with one attached hydrogen (secondary N) is 1. The van der Waals surface area contributed by atoms with Crippen LogP contribution in [0.1, 0.15) is 22.6 Å². The number of para-hydroxylation sites is 3. The molecule has 0 aliphatic heterocycles. The van der Waals surface area contributed by atoms with E-state index < -0.39 is 0 Å². The Hall–Kier alpha value is -3.12. The predicted molar refractivity (Wildman–Crippen MR) is 126 cm³/mol. The van der Waals surface area contributed by atoms with Crippen LogP contribution in [0.3, 0.4) is 0 Å². The summed E-state index contributed by atoms with van der Waals surface area (Å²) in [6.45, 7) is 1.88. The van der Waals surface area contributed by atoms with Crippen molar-refractivity contribution in [1.82, 2.24) is 14.9 Å². The first-order chi connectivity index (χ1) is 15.2. The van der Waals surface area contributed by atoms with Crippen molar-refractivity contribution in [2.45, 2.75) is 19.4 Å². The highest BCUT2D eigenvalue weighted by Gasteiger charge is 2.11. The summed E-state index contributed by atoms with van der Waals surface area (Å²) in [5, 5.41) is 2.99. The van der Waals surface area contributed by atoms with Gasteiger partial charge < -0.3 is 14.6 Å². The highest BCUT2D eigenvalue weighted by molar-refractivity contribution is 9.10. The second-order valence-corrected chi connectivity index (χ2v) is 8.12. The molecule has 158 valence electrons. The molecule has 0 saturated carbocycles. The Balaban J connectivity index is 1.36. The smallest absolute Gasteiger partial charge is 0.251 e. The minimum atomic E-state index is -0.0638. The van der Waals surface area contributed by atoms with Gasteiger partial charge in [0.15, 0.2) is 0 Å². The number of fused-ring (bicyclic) bond motifs is 1. The summed E-state index contributed by atoms with van der Waals surface area (Å²) in [6, 6.07) is 25.4. The molecule has 4 rings (SSSR count). The van der Waals surface area contributed by atoms with Crippen molar-refractivity contribution in [2.75, 3.05) is 13.2 Å². The van der Waals surface area contributed by atoms with Crippen molar-refractivity contribution < 1.29 is 9.53 Å². The largest absolute Gasteiger partial charge is 0.492 e. The normalized spacial score (nSPS) is 10.9. The number of imidazole rings is 1. The van der Waals surface area contributed by atoms with E-state index in [0.717, 1.165) is 46.5 Å². The number of carbonyl (C=O) groups is 1. The molecule has 3 aromatic carbocycles. The molecule has 1 amide bonds. The van der Waals surface area contributed by atoms with E-state index in [1.807, 2.05) is 72.8 Å². The van der Waals surface area contributed by atoms with Gasteiger partial charge in [0.2, 0.25) is 0 Å². The number of amides is 1. The molecule has 0 aliphatic carbocycles. The summed E-state index contributed by atoms with van der Waals surface area (Å²) >= 11 is 3.40. The summed E-state index contributed by atoms with van der Waals surface area (Å²) in [5.41, 5.74) is 2.74. The van der Waals surface area contributed by atoms with Crippen LogP contribution < -0.4 is 10.1 Å². The van der Waals surface area contributed by atoms with Crippen molar-refractivity contribution >= 4 is 32.9 Å². The monoisotopic (exact) mass is 477 g/mol. The van der Waals surface area contributed by atoms with Gasteiger partial charge in [0, 0.05) is 23.0 Å². The fourth-order valence-corrected chi connectivity index (χ4v) is 3.92. The van der Waals surface area contributed by atoms with Crippen molar-refractivity contribution in [3.05, 3.63) is 94.7 Å². The zero-order chi connectivity index (χ0) is 21.5. The minimum Gasteiger partial charge on any atom is -0.492 e. The Kier molecular flexibility index (Phi) is 6.99. The Morgan fingerprint density at radius 3 is 2.65 bits per heavy atom. The van der Waals surface area contributed by atoms with Crippen LogP contribution in [0.15, 0.2) is 83.3 Å². The lowest BCUT2D eigenvalue weighted by molar-refractivity contribution is 0.0953. The third kappa shape index (κ3) is 5.52. The van der Waals surface area contributed by atoms with Gasteiger partial charge in [0.05, 0.1) is 17.6 Å². The molecule has 5 nitrogen and oxygen atoms in total. The van der Waals surface area contributed by atoms with E-state index in [1.165, 1.54) is 0 Å². The van der Waals surface area contributed by atoms with Crippen LogP contribution in [0.25, 0.3) is 11.0 Å². The minimum absolute atomic E-state index is 0.0638. The second-order valence-electron chi connectivity index (χ2n) is 7.20. The maximum Gasteiger partial charge on any atom is 0.251 e.